The van der Waals surface area contributed by atoms with Crippen molar-refractivity contribution in [2.75, 3.05) is 31.1 Å². The summed E-state index contributed by atoms with van der Waals surface area (Å²) in [5.74, 6) is -0.197. The molecular weight excluding hydrogens is 450 g/mol. The van der Waals surface area contributed by atoms with Gasteiger partial charge in [-0.25, -0.2) is 0 Å². The van der Waals surface area contributed by atoms with Crippen LogP contribution in [0.4, 0.5) is 5.69 Å². The second-order valence-electron chi connectivity index (χ2n) is 9.53. The first-order chi connectivity index (χ1) is 17.6. The van der Waals surface area contributed by atoms with Gasteiger partial charge in [-0.15, -0.1) is 0 Å². The zero-order valence-corrected chi connectivity index (χ0v) is 20.7. The van der Waals surface area contributed by atoms with E-state index in [9.17, 15) is 9.59 Å². The Balaban J connectivity index is 1.32. The number of fused-ring (bicyclic) bond motifs is 1. The van der Waals surface area contributed by atoms with E-state index in [1.54, 1.807) is 0 Å². The van der Waals surface area contributed by atoms with Gasteiger partial charge in [0.15, 0.2) is 0 Å². The molecule has 6 heteroatoms. The molecule has 2 aliphatic rings. The van der Waals surface area contributed by atoms with Crippen molar-refractivity contribution < 1.29 is 14.3 Å². The molecule has 1 amide bonds. The number of hydrogen-bond acceptors (Lipinski definition) is 5. The highest BCUT2D eigenvalue weighted by Gasteiger charge is 2.40. The molecule has 0 bridgehead atoms. The molecule has 2 aliphatic heterocycles. The minimum Gasteiger partial charge on any atom is -0.454 e. The highest BCUT2D eigenvalue weighted by Crippen LogP contribution is 2.38. The topological polar surface area (TPSA) is 61.9 Å². The Morgan fingerprint density at radius 3 is 2.25 bits per heavy atom. The van der Waals surface area contributed by atoms with E-state index < -0.39 is 5.60 Å². The molecule has 2 heterocycles. The number of nitrogens with zero attached hydrogens (tertiary/aromatic N) is 2. The van der Waals surface area contributed by atoms with E-state index in [4.69, 9.17) is 4.74 Å². The van der Waals surface area contributed by atoms with Crippen molar-refractivity contribution in [3.8, 4) is 0 Å². The molecule has 1 atom stereocenters. The summed E-state index contributed by atoms with van der Waals surface area (Å²) in [6.45, 7) is 5.13. The fourth-order valence-electron chi connectivity index (χ4n) is 5.35. The second kappa shape index (κ2) is 10.5. The number of benzene rings is 3. The molecule has 0 radical (unpaired) electrons. The maximum Gasteiger partial charge on any atom is 0.306 e. The largest absolute Gasteiger partial charge is 0.454 e. The van der Waals surface area contributed by atoms with Gasteiger partial charge in [-0.05, 0) is 23.3 Å². The van der Waals surface area contributed by atoms with Crippen molar-refractivity contribution in [1.29, 1.82) is 0 Å². The Morgan fingerprint density at radius 2 is 1.56 bits per heavy atom. The van der Waals surface area contributed by atoms with E-state index in [1.165, 1.54) is 0 Å². The van der Waals surface area contributed by atoms with Crippen molar-refractivity contribution in [1.82, 2.24) is 10.2 Å². The predicted octanol–water partition coefficient (Wildman–Crippen LogP) is 4.88. The molecule has 186 valence electrons. The number of carbonyl (C=O) groups is 2. The van der Waals surface area contributed by atoms with Crippen LogP contribution in [0.25, 0.3) is 0 Å². The molecule has 3 aromatic rings. The lowest BCUT2D eigenvalue weighted by atomic mass is 9.84. The molecule has 0 saturated carbocycles. The van der Waals surface area contributed by atoms with Gasteiger partial charge < -0.3 is 19.9 Å². The maximum absolute atomic E-state index is 12.9. The van der Waals surface area contributed by atoms with Crippen LogP contribution in [0.2, 0.25) is 0 Å². The van der Waals surface area contributed by atoms with Crippen molar-refractivity contribution in [2.24, 2.45) is 0 Å². The Bertz CT molecular complexity index is 1190. The summed E-state index contributed by atoms with van der Waals surface area (Å²) in [6, 6.07) is 28.1. The zero-order chi connectivity index (χ0) is 25.0. The monoisotopic (exact) mass is 483 g/mol. The van der Waals surface area contributed by atoms with E-state index in [1.807, 2.05) is 67.6 Å². The maximum atomic E-state index is 12.9. The van der Waals surface area contributed by atoms with E-state index >= 15 is 0 Å². The van der Waals surface area contributed by atoms with Crippen LogP contribution in [0.3, 0.4) is 0 Å². The number of piperidine rings is 1. The predicted molar refractivity (Wildman–Crippen MR) is 141 cm³/mol. The standard InChI is InChI=1S/C30H33N3O3/c1-2-27(34)36-30(24-13-7-4-8-14-24)17-19-32(20-18-30)21-22-33-26-16-10-9-15-25(26)29(35)31-28(33)23-11-5-3-6-12-23/h3-16,28H,2,17-22H2,1H3,(H,31,35). The van der Waals surface area contributed by atoms with Crippen LogP contribution in [0.5, 0.6) is 0 Å². The highest BCUT2D eigenvalue weighted by atomic mass is 16.6. The molecule has 6 nitrogen and oxygen atoms in total. The lowest BCUT2D eigenvalue weighted by Crippen LogP contribution is -2.51. The first kappa shape index (κ1) is 24.1. The summed E-state index contributed by atoms with van der Waals surface area (Å²) in [6.07, 6.45) is 1.68. The Kier molecular flexibility index (Phi) is 7.05. The third-order valence-corrected chi connectivity index (χ3v) is 7.37. The molecule has 1 saturated heterocycles. The molecule has 5 rings (SSSR count). The molecule has 0 spiro atoms. The third-order valence-electron chi connectivity index (χ3n) is 7.37. The van der Waals surface area contributed by atoms with Gasteiger partial charge in [0.2, 0.25) is 0 Å². The molecule has 0 aromatic heterocycles. The Labute approximate surface area is 212 Å². The van der Waals surface area contributed by atoms with Crippen molar-refractivity contribution in [3.05, 3.63) is 102 Å². The van der Waals surface area contributed by atoms with Crippen molar-refractivity contribution >= 4 is 17.6 Å². The van der Waals surface area contributed by atoms with Gasteiger partial charge in [0, 0.05) is 45.4 Å². The van der Waals surface area contributed by atoms with Gasteiger partial charge in [-0.3, -0.25) is 9.59 Å². The molecule has 1 unspecified atom stereocenters. The van der Waals surface area contributed by atoms with Gasteiger partial charge in [0.1, 0.15) is 11.8 Å². The molecular formula is C30H33N3O3. The van der Waals surface area contributed by atoms with E-state index in [-0.39, 0.29) is 18.0 Å². The van der Waals surface area contributed by atoms with Gasteiger partial charge in [0.05, 0.1) is 11.3 Å². The number of carbonyl (C=O) groups excluding carboxylic acids is 2. The van der Waals surface area contributed by atoms with Crippen LogP contribution < -0.4 is 10.2 Å². The lowest BCUT2D eigenvalue weighted by Gasteiger charge is -2.43. The first-order valence-electron chi connectivity index (χ1n) is 12.8. The summed E-state index contributed by atoms with van der Waals surface area (Å²) in [5.41, 5.74) is 3.24. The number of amides is 1. The summed E-state index contributed by atoms with van der Waals surface area (Å²) in [7, 11) is 0. The number of anilines is 1. The van der Waals surface area contributed by atoms with Gasteiger partial charge in [0.25, 0.3) is 5.91 Å². The first-order valence-corrected chi connectivity index (χ1v) is 12.8. The number of likely N-dealkylation sites (tertiary alicyclic amines) is 1. The lowest BCUT2D eigenvalue weighted by molar-refractivity contribution is -0.166. The average molecular weight is 484 g/mol. The molecule has 0 aliphatic carbocycles. The second-order valence-corrected chi connectivity index (χ2v) is 9.53. The molecule has 36 heavy (non-hydrogen) atoms. The van der Waals surface area contributed by atoms with Crippen LogP contribution in [-0.2, 0) is 15.1 Å². The minimum absolute atomic E-state index is 0.0425. The zero-order valence-electron chi connectivity index (χ0n) is 20.7. The number of nitrogens with one attached hydrogen (secondary N) is 1. The molecule has 1 N–H and O–H groups in total. The van der Waals surface area contributed by atoms with Crippen LogP contribution in [0.15, 0.2) is 84.9 Å². The number of para-hydroxylation sites is 1. The normalized spacial score (nSPS) is 19.3. The summed E-state index contributed by atoms with van der Waals surface area (Å²) in [5, 5.41) is 3.20. The Hall–Kier alpha value is -3.64. The average Bonchev–Trinajstić information content (AvgIpc) is 2.94. The number of esters is 1. The fraction of sp³-hybridized carbons (Fsp3) is 0.333. The van der Waals surface area contributed by atoms with Crippen molar-refractivity contribution in [3.63, 3.8) is 0 Å². The van der Waals surface area contributed by atoms with Crippen LogP contribution in [-0.4, -0.2) is 43.0 Å². The SMILES string of the molecule is CCC(=O)OC1(c2ccccc2)CCN(CCN2c3ccccc3C(=O)NC2c2ccccc2)CC1. The minimum atomic E-state index is -0.566. The number of rotatable bonds is 7. The third kappa shape index (κ3) is 4.86. The van der Waals surface area contributed by atoms with Crippen molar-refractivity contribution in [2.45, 2.75) is 38.0 Å². The van der Waals surface area contributed by atoms with E-state index in [0.29, 0.717) is 12.0 Å². The number of ether oxygens (including phenoxy) is 1. The Morgan fingerprint density at radius 1 is 0.917 bits per heavy atom. The van der Waals surface area contributed by atoms with Crippen LogP contribution in [0.1, 0.15) is 53.8 Å². The van der Waals surface area contributed by atoms with Gasteiger partial charge >= 0.3 is 5.97 Å². The van der Waals surface area contributed by atoms with Crippen LogP contribution in [0, 0.1) is 0 Å². The highest BCUT2D eigenvalue weighted by molar-refractivity contribution is 6.02. The van der Waals surface area contributed by atoms with Gasteiger partial charge in [-0.2, -0.15) is 0 Å². The quantitative estimate of drug-likeness (QED) is 0.486. The summed E-state index contributed by atoms with van der Waals surface area (Å²) < 4.78 is 6.07. The summed E-state index contributed by atoms with van der Waals surface area (Å²) in [4.78, 5) is 29.9. The van der Waals surface area contributed by atoms with E-state index in [0.717, 1.165) is 55.8 Å². The molecule has 1 fully saturated rings. The van der Waals surface area contributed by atoms with Crippen LogP contribution >= 0.6 is 0 Å². The van der Waals surface area contributed by atoms with E-state index in [2.05, 4.69) is 39.4 Å². The van der Waals surface area contributed by atoms with Gasteiger partial charge in [-0.1, -0.05) is 79.7 Å². The summed E-state index contributed by atoms with van der Waals surface area (Å²) >= 11 is 0. The molecule has 3 aromatic carbocycles. The smallest absolute Gasteiger partial charge is 0.306 e. The fourth-order valence-corrected chi connectivity index (χ4v) is 5.35. The number of hydrogen-bond donors (Lipinski definition) is 1.